The summed E-state index contributed by atoms with van der Waals surface area (Å²) in [6.07, 6.45) is 3.13. The molecule has 0 fully saturated rings. The summed E-state index contributed by atoms with van der Waals surface area (Å²) >= 11 is 0. The molecule has 1 atom stereocenters. The second kappa shape index (κ2) is 4.62. The standard InChI is InChI=1S/C8H15N2O3P/c1-3-4-5-13-14(12)9-7(2)6-8(11)10-14/h6H,3-5H2,1-2H3,(H2,9,10,11,12). The van der Waals surface area contributed by atoms with Gasteiger partial charge in [0.05, 0.1) is 6.61 Å². The molecule has 1 unspecified atom stereocenters. The van der Waals surface area contributed by atoms with Crippen LogP contribution in [-0.4, -0.2) is 12.5 Å². The summed E-state index contributed by atoms with van der Waals surface area (Å²) < 4.78 is 16.9. The van der Waals surface area contributed by atoms with Gasteiger partial charge < -0.3 is 5.09 Å². The quantitative estimate of drug-likeness (QED) is 0.554. The van der Waals surface area contributed by atoms with Crippen LogP contribution in [0.4, 0.5) is 0 Å². The van der Waals surface area contributed by atoms with Crippen LogP contribution in [0, 0.1) is 0 Å². The molecular weight excluding hydrogens is 203 g/mol. The Morgan fingerprint density at radius 2 is 2.21 bits per heavy atom. The fourth-order valence-corrected chi connectivity index (χ4v) is 2.52. The zero-order valence-electron chi connectivity index (χ0n) is 8.37. The van der Waals surface area contributed by atoms with E-state index in [9.17, 15) is 9.36 Å². The Morgan fingerprint density at radius 3 is 2.79 bits per heavy atom. The Morgan fingerprint density at radius 1 is 1.50 bits per heavy atom. The lowest BCUT2D eigenvalue weighted by Gasteiger charge is -2.24. The van der Waals surface area contributed by atoms with Crippen molar-refractivity contribution < 1.29 is 13.9 Å². The second-order valence-corrected chi connectivity index (χ2v) is 4.96. The van der Waals surface area contributed by atoms with Crippen molar-refractivity contribution in [1.29, 1.82) is 0 Å². The van der Waals surface area contributed by atoms with Crippen LogP contribution < -0.4 is 10.2 Å². The normalized spacial score (nSPS) is 26.4. The summed E-state index contributed by atoms with van der Waals surface area (Å²) in [6, 6.07) is 0. The van der Waals surface area contributed by atoms with Crippen molar-refractivity contribution >= 4 is 13.6 Å². The van der Waals surface area contributed by atoms with E-state index in [0.717, 1.165) is 12.8 Å². The van der Waals surface area contributed by atoms with Crippen molar-refractivity contribution in [2.24, 2.45) is 0 Å². The molecule has 0 aliphatic carbocycles. The molecule has 14 heavy (non-hydrogen) atoms. The van der Waals surface area contributed by atoms with E-state index in [4.69, 9.17) is 4.52 Å². The Kier molecular flexibility index (Phi) is 3.72. The van der Waals surface area contributed by atoms with Crippen molar-refractivity contribution in [3.63, 3.8) is 0 Å². The molecule has 0 aromatic rings. The molecule has 0 spiro atoms. The minimum Gasteiger partial charge on any atom is -0.302 e. The van der Waals surface area contributed by atoms with Gasteiger partial charge in [-0.05, 0) is 13.3 Å². The zero-order chi connectivity index (χ0) is 10.6. The molecular formula is C8H15N2O3P. The van der Waals surface area contributed by atoms with E-state index in [1.165, 1.54) is 6.08 Å². The third-order valence-corrected chi connectivity index (χ3v) is 3.41. The lowest BCUT2D eigenvalue weighted by Crippen LogP contribution is -2.32. The van der Waals surface area contributed by atoms with Gasteiger partial charge in [0, 0.05) is 11.8 Å². The van der Waals surface area contributed by atoms with E-state index < -0.39 is 7.67 Å². The van der Waals surface area contributed by atoms with Gasteiger partial charge in [0.15, 0.2) is 0 Å². The van der Waals surface area contributed by atoms with Gasteiger partial charge in [0.25, 0.3) is 5.91 Å². The molecule has 0 saturated heterocycles. The van der Waals surface area contributed by atoms with Crippen LogP contribution in [0.2, 0.25) is 0 Å². The maximum atomic E-state index is 11.8. The Labute approximate surface area is 83.5 Å². The van der Waals surface area contributed by atoms with Gasteiger partial charge in [-0.25, -0.2) is 4.57 Å². The number of allylic oxidation sites excluding steroid dienone is 1. The minimum absolute atomic E-state index is 0.374. The van der Waals surface area contributed by atoms with Crippen LogP contribution in [-0.2, 0) is 13.9 Å². The van der Waals surface area contributed by atoms with Crippen LogP contribution in [0.1, 0.15) is 26.7 Å². The van der Waals surface area contributed by atoms with Crippen LogP contribution in [0.5, 0.6) is 0 Å². The smallest absolute Gasteiger partial charge is 0.302 e. The number of rotatable bonds is 4. The highest BCUT2D eigenvalue weighted by Crippen LogP contribution is 2.40. The number of nitrogens with one attached hydrogen (secondary N) is 2. The first-order valence-corrected chi connectivity index (χ1v) is 6.21. The number of amides is 1. The van der Waals surface area contributed by atoms with Crippen LogP contribution in [0.25, 0.3) is 0 Å². The number of hydrogen-bond donors (Lipinski definition) is 2. The van der Waals surface area contributed by atoms with Gasteiger partial charge in [-0.1, -0.05) is 13.3 Å². The van der Waals surface area contributed by atoms with Gasteiger partial charge in [0.2, 0.25) is 0 Å². The molecule has 1 rings (SSSR count). The summed E-state index contributed by atoms with van der Waals surface area (Å²) in [4.78, 5) is 11.0. The average Bonchev–Trinajstić information content (AvgIpc) is 2.01. The van der Waals surface area contributed by atoms with Gasteiger partial charge in [0.1, 0.15) is 0 Å². The predicted octanol–water partition coefficient (Wildman–Crippen LogP) is 1.53. The molecule has 1 aliphatic rings. The molecule has 0 saturated carbocycles. The Balaban J connectivity index is 2.54. The topological polar surface area (TPSA) is 67.4 Å². The molecule has 1 heterocycles. The van der Waals surface area contributed by atoms with E-state index >= 15 is 0 Å². The number of carbonyl (C=O) groups excluding carboxylic acids is 1. The van der Waals surface area contributed by atoms with E-state index in [-0.39, 0.29) is 5.91 Å². The van der Waals surface area contributed by atoms with Gasteiger partial charge in [-0.3, -0.25) is 14.4 Å². The maximum absolute atomic E-state index is 11.8. The number of hydrogen-bond acceptors (Lipinski definition) is 3. The van der Waals surface area contributed by atoms with E-state index in [1.807, 2.05) is 6.92 Å². The molecule has 2 N–H and O–H groups in total. The summed E-state index contributed by atoms with van der Waals surface area (Å²) in [6.45, 7) is 4.07. The lowest BCUT2D eigenvalue weighted by atomic mass is 10.4. The van der Waals surface area contributed by atoms with Crippen molar-refractivity contribution in [1.82, 2.24) is 10.2 Å². The monoisotopic (exact) mass is 218 g/mol. The van der Waals surface area contributed by atoms with Crippen molar-refractivity contribution in [3.8, 4) is 0 Å². The maximum Gasteiger partial charge on any atom is 0.394 e. The van der Waals surface area contributed by atoms with Crippen LogP contribution in [0.15, 0.2) is 11.8 Å². The molecule has 80 valence electrons. The molecule has 0 aromatic carbocycles. The largest absolute Gasteiger partial charge is 0.394 e. The van der Waals surface area contributed by atoms with Gasteiger partial charge >= 0.3 is 7.67 Å². The first kappa shape index (κ1) is 11.3. The molecule has 1 amide bonds. The van der Waals surface area contributed by atoms with Crippen molar-refractivity contribution in [2.45, 2.75) is 26.7 Å². The first-order valence-electron chi connectivity index (χ1n) is 4.59. The molecule has 6 heteroatoms. The molecule has 0 aromatic heterocycles. The van der Waals surface area contributed by atoms with E-state index in [1.54, 1.807) is 6.92 Å². The highest BCUT2D eigenvalue weighted by molar-refractivity contribution is 7.55. The second-order valence-electron chi connectivity index (χ2n) is 3.15. The fourth-order valence-electron chi connectivity index (χ4n) is 1.07. The summed E-state index contributed by atoms with van der Waals surface area (Å²) in [5, 5.41) is 4.93. The Hall–Kier alpha value is -0.800. The number of unbranched alkanes of at least 4 members (excludes halogenated alkanes) is 1. The summed E-state index contributed by atoms with van der Waals surface area (Å²) in [5.74, 6) is -0.374. The molecule has 0 radical (unpaired) electrons. The lowest BCUT2D eigenvalue weighted by molar-refractivity contribution is -0.115. The number of carbonyl (C=O) groups is 1. The van der Waals surface area contributed by atoms with Crippen LogP contribution in [0.3, 0.4) is 0 Å². The Bertz CT molecular complexity index is 301. The average molecular weight is 218 g/mol. The highest BCUT2D eigenvalue weighted by Gasteiger charge is 2.28. The van der Waals surface area contributed by atoms with Crippen molar-refractivity contribution in [2.75, 3.05) is 6.61 Å². The van der Waals surface area contributed by atoms with Gasteiger partial charge in [-0.2, -0.15) is 0 Å². The predicted molar refractivity (Wildman–Crippen MR) is 53.5 cm³/mol. The third kappa shape index (κ3) is 3.16. The third-order valence-electron chi connectivity index (χ3n) is 1.70. The van der Waals surface area contributed by atoms with E-state index in [2.05, 4.69) is 10.2 Å². The molecule has 5 nitrogen and oxygen atoms in total. The van der Waals surface area contributed by atoms with Crippen molar-refractivity contribution in [3.05, 3.63) is 11.8 Å². The fraction of sp³-hybridized carbons (Fsp3) is 0.625. The summed E-state index contributed by atoms with van der Waals surface area (Å²) in [5.41, 5.74) is 0.564. The SMILES string of the molecule is CCCCOP1(=O)NC(=O)C=C(C)N1. The highest BCUT2D eigenvalue weighted by atomic mass is 31.2. The van der Waals surface area contributed by atoms with E-state index in [0.29, 0.717) is 12.3 Å². The van der Waals surface area contributed by atoms with Crippen LogP contribution >= 0.6 is 7.67 Å². The molecule has 1 aliphatic heterocycles. The van der Waals surface area contributed by atoms with Gasteiger partial charge in [-0.15, -0.1) is 0 Å². The zero-order valence-corrected chi connectivity index (χ0v) is 9.27. The summed E-state index contributed by atoms with van der Waals surface area (Å²) in [7, 11) is -3.17. The molecule has 0 bridgehead atoms. The minimum atomic E-state index is -3.17. The first-order chi connectivity index (χ1) is 6.56.